The molecule has 1 heterocycles. The third kappa shape index (κ3) is 4.80. The lowest BCUT2D eigenvalue weighted by molar-refractivity contribution is -0.0686. The van der Waals surface area contributed by atoms with Gasteiger partial charge in [0.15, 0.2) is 0 Å². The van der Waals surface area contributed by atoms with Crippen LogP contribution in [-0.4, -0.2) is 43.3 Å². The summed E-state index contributed by atoms with van der Waals surface area (Å²) in [6.45, 7) is 13.0. The fourth-order valence-corrected chi connectivity index (χ4v) is 3.37. The van der Waals surface area contributed by atoms with E-state index in [1.807, 2.05) is 0 Å². The Morgan fingerprint density at radius 3 is 2.52 bits per heavy atom. The van der Waals surface area contributed by atoms with Gasteiger partial charge in [-0.2, -0.15) is 0 Å². The minimum Gasteiger partial charge on any atom is -0.373 e. The molecule has 2 rings (SSSR count). The Labute approximate surface area is 129 Å². The van der Waals surface area contributed by atoms with E-state index in [-0.39, 0.29) is 0 Å². The molecule has 0 saturated carbocycles. The second kappa shape index (κ2) is 7.92. The van der Waals surface area contributed by atoms with Gasteiger partial charge in [0, 0.05) is 25.7 Å². The van der Waals surface area contributed by atoms with Crippen LogP contribution in [0.3, 0.4) is 0 Å². The van der Waals surface area contributed by atoms with Gasteiger partial charge in [-0.05, 0) is 44.9 Å². The number of hydrogen-bond acceptors (Lipinski definition) is 3. The average Bonchev–Trinajstić information content (AvgIpc) is 2.43. The summed E-state index contributed by atoms with van der Waals surface area (Å²) in [6.07, 6.45) is 1.85. The second-order valence-electron chi connectivity index (χ2n) is 6.27. The van der Waals surface area contributed by atoms with E-state index in [0.29, 0.717) is 18.2 Å². The first-order valence-electron chi connectivity index (χ1n) is 8.26. The Hall–Kier alpha value is -0.900. The standard InChI is InChI=1S/C18H30N2O/c1-5-19-18(17-9-7-6-8-14(17)2)10-11-20-12-15(3)21-16(4)13-20/h6-9,15-16,18-19H,5,10-13H2,1-4H3. The predicted octanol–water partition coefficient (Wildman–Crippen LogP) is 3.14. The molecule has 3 unspecified atom stereocenters. The highest BCUT2D eigenvalue weighted by Crippen LogP contribution is 2.22. The van der Waals surface area contributed by atoms with Crippen LogP contribution in [0.5, 0.6) is 0 Å². The van der Waals surface area contributed by atoms with Crippen molar-refractivity contribution in [2.24, 2.45) is 0 Å². The molecule has 3 nitrogen and oxygen atoms in total. The van der Waals surface area contributed by atoms with Gasteiger partial charge < -0.3 is 10.1 Å². The van der Waals surface area contributed by atoms with Crippen molar-refractivity contribution < 1.29 is 4.74 Å². The quantitative estimate of drug-likeness (QED) is 0.871. The van der Waals surface area contributed by atoms with E-state index in [0.717, 1.165) is 32.6 Å². The SMILES string of the molecule is CCNC(CCN1CC(C)OC(C)C1)c1ccccc1C. The molecular weight excluding hydrogens is 260 g/mol. The summed E-state index contributed by atoms with van der Waals surface area (Å²) in [7, 11) is 0. The molecule has 0 spiro atoms. The molecule has 0 bridgehead atoms. The highest BCUT2D eigenvalue weighted by Gasteiger charge is 2.23. The first-order valence-corrected chi connectivity index (χ1v) is 8.26. The smallest absolute Gasteiger partial charge is 0.0678 e. The van der Waals surface area contributed by atoms with Crippen molar-refractivity contribution in [1.29, 1.82) is 0 Å². The zero-order chi connectivity index (χ0) is 15.2. The van der Waals surface area contributed by atoms with Crippen LogP contribution < -0.4 is 5.32 Å². The molecule has 0 radical (unpaired) electrons. The van der Waals surface area contributed by atoms with E-state index in [9.17, 15) is 0 Å². The molecule has 21 heavy (non-hydrogen) atoms. The number of nitrogens with zero attached hydrogens (tertiary/aromatic N) is 1. The summed E-state index contributed by atoms with van der Waals surface area (Å²) in [5.74, 6) is 0. The van der Waals surface area contributed by atoms with Crippen molar-refractivity contribution in [3.05, 3.63) is 35.4 Å². The Morgan fingerprint density at radius 2 is 1.90 bits per heavy atom. The van der Waals surface area contributed by atoms with Crippen LogP contribution in [-0.2, 0) is 4.74 Å². The van der Waals surface area contributed by atoms with Crippen LogP contribution in [0.25, 0.3) is 0 Å². The molecule has 3 heteroatoms. The molecule has 1 N–H and O–H groups in total. The third-order valence-corrected chi connectivity index (χ3v) is 4.24. The number of hydrogen-bond donors (Lipinski definition) is 1. The van der Waals surface area contributed by atoms with Crippen LogP contribution in [0.1, 0.15) is 44.4 Å². The van der Waals surface area contributed by atoms with Gasteiger partial charge >= 0.3 is 0 Å². The fourth-order valence-electron chi connectivity index (χ4n) is 3.37. The highest BCUT2D eigenvalue weighted by molar-refractivity contribution is 5.28. The van der Waals surface area contributed by atoms with Gasteiger partial charge in [-0.3, -0.25) is 4.90 Å². The van der Waals surface area contributed by atoms with Crippen molar-refractivity contribution in [3.63, 3.8) is 0 Å². The van der Waals surface area contributed by atoms with Crippen LogP contribution in [0, 0.1) is 6.92 Å². The molecule has 3 atom stereocenters. The summed E-state index contributed by atoms with van der Waals surface area (Å²) < 4.78 is 5.82. The normalized spacial score (nSPS) is 25.0. The fraction of sp³-hybridized carbons (Fsp3) is 0.667. The molecule has 1 saturated heterocycles. The van der Waals surface area contributed by atoms with Crippen LogP contribution in [0.2, 0.25) is 0 Å². The predicted molar refractivity (Wildman–Crippen MR) is 88.7 cm³/mol. The second-order valence-corrected chi connectivity index (χ2v) is 6.27. The first-order chi connectivity index (χ1) is 10.1. The van der Waals surface area contributed by atoms with Crippen LogP contribution >= 0.6 is 0 Å². The van der Waals surface area contributed by atoms with E-state index in [1.54, 1.807) is 0 Å². The lowest BCUT2D eigenvalue weighted by atomic mass is 9.98. The molecule has 0 amide bonds. The lowest BCUT2D eigenvalue weighted by Gasteiger charge is -2.36. The van der Waals surface area contributed by atoms with E-state index in [1.165, 1.54) is 11.1 Å². The average molecular weight is 290 g/mol. The number of benzene rings is 1. The Balaban J connectivity index is 1.96. The maximum atomic E-state index is 5.82. The molecule has 1 aliphatic heterocycles. The van der Waals surface area contributed by atoms with Gasteiger partial charge in [0.05, 0.1) is 12.2 Å². The van der Waals surface area contributed by atoms with Crippen molar-refractivity contribution in [1.82, 2.24) is 10.2 Å². The first kappa shape index (κ1) is 16.5. The van der Waals surface area contributed by atoms with Gasteiger partial charge in [-0.25, -0.2) is 0 Å². The summed E-state index contributed by atoms with van der Waals surface area (Å²) >= 11 is 0. The van der Waals surface area contributed by atoms with Crippen molar-refractivity contribution in [2.75, 3.05) is 26.2 Å². The molecule has 1 fully saturated rings. The monoisotopic (exact) mass is 290 g/mol. The molecule has 1 aromatic carbocycles. The molecule has 0 aromatic heterocycles. The van der Waals surface area contributed by atoms with Gasteiger partial charge in [-0.1, -0.05) is 31.2 Å². The minimum atomic E-state index is 0.352. The molecule has 0 aliphatic carbocycles. The number of morpholine rings is 1. The third-order valence-electron chi connectivity index (χ3n) is 4.24. The van der Waals surface area contributed by atoms with E-state index in [4.69, 9.17) is 4.74 Å². The van der Waals surface area contributed by atoms with Gasteiger partial charge in [-0.15, -0.1) is 0 Å². The Morgan fingerprint density at radius 1 is 1.24 bits per heavy atom. The lowest BCUT2D eigenvalue weighted by Crippen LogP contribution is -2.46. The van der Waals surface area contributed by atoms with E-state index < -0.39 is 0 Å². The van der Waals surface area contributed by atoms with Crippen molar-refractivity contribution in [2.45, 2.75) is 52.4 Å². The summed E-state index contributed by atoms with van der Waals surface area (Å²) in [6, 6.07) is 9.18. The Bertz CT molecular complexity index is 425. The zero-order valence-corrected chi connectivity index (χ0v) is 13.9. The molecule has 1 aliphatic rings. The topological polar surface area (TPSA) is 24.5 Å². The molecular formula is C18H30N2O. The van der Waals surface area contributed by atoms with Crippen molar-refractivity contribution >= 4 is 0 Å². The number of nitrogens with one attached hydrogen (secondary N) is 1. The van der Waals surface area contributed by atoms with Gasteiger partial charge in [0.1, 0.15) is 0 Å². The van der Waals surface area contributed by atoms with Crippen LogP contribution in [0.4, 0.5) is 0 Å². The number of rotatable bonds is 6. The summed E-state index contributed by atoms with van der Waals surface area (Å²) in [5.41, 5.74) is 2.82. The number of ether oxygens (including phenoxy) is 1. The van der Waals surface area contributed by atoms with E-state index in [2.05, 4.69) is 62.2 Å². The van der Waals surface area contributed by atoms with Crippen molar-refractivity contribution in [3.8, 4) is 0 Å². The van der Waals surface area contributed by atoms with Crippen LogP contribution in [0.15, 0.2) is 24.3 Å². The molecule has 1 aromatic rings. The van der Waals surface area contributed by atoms with E-state index >= 15 is 0 Å². The Kier molecular flexibility index (Phi) is 6.22. The van der Waals surface area contributed by atoms with Gasteiger partial charge in [0.25, 0.3) is 0 Å². The maximum Gasteiger partial charge on any atom is 0.0678 e. The molecule has 118 valence electrons. The summed E-state index contributed by atoms with van der Waals surface area (Å²) in [4.78, 5) is 2.54. The van der Waals surface area contributed by atoms with Gasteiger partial charge in [0.2, 0.25) is 0 Å². The maximum absolute atomic E-state index is 5.82. The minimum absolute atomic E-state index is 0.352. The summed E-state index contributed by atoms with van der Waals surface area (Å²) in [5, 5.41) is 3.64. The largest absolute Gasteiger partial charge is 0.373 e. The number of aryl methyl sites for hydroxylation is 1. The highest BCUT2D eigenvalue weighted by atomic mass is 16.5. The zero-order valence-electron chi connectivity index (χ0n) is 13.9.